The molecule has 1 aromatic carbocycles. The van der Waals surface area contributed by atoms with Crippen LogP contribution in [0.5, 0.6) is 0 Å². The van der Waals surface area contributed by atoms with Gasteiger partial charge in [-0.15, -0.1) is 0 Å². The van der Waals surface area contributed by atoms with Crippen LogP contribution in [0.3, 0.4) is 0 Å². The van der Waals surface area contributed by atoms with E-state index in [0.29, 0.717) is 16.4 Å². The molecule has 0 bridgehead atoms. The zero-order chi connectivity index (χ0) is 10.8. The van der Waals surface area contributed by atoms with E-state index in [1.807, 2.05) is 6.07 Å². The second-order valence-corrected chi connectivity index (χ2v) is 3.49. The monoisotopic (exact) mass is 223 g/mol. The Morgan fingerprint density at radius 3 is 2.87 bits per heavy atom. The molecule has 0 aliphatic heterocycles. The summed E-state index contributed by atoms with van der Waals surface area (Å²) in [7, 11) is 1.70. The van der Waals surface area contributed by atoms with Crippen molar-refractivity contribution in [2.24, 2.45) is 0 Å². The molecule has 2 aromatic rings. The van der Waals surface area contributed by atoms with Crippen molar-refractivity contribution in [1.82, 2.24) is 9.78 Å². The maximum atomic E-state index is 11.7. The lowest BCUT2D eigenvalue weighted by Crippen LogP contribution is -2.16. The van der Waals surface area contributed by atoms with Gasteiger partial charge >= 0.3 is 0 Å². The molecule has 4 nitrogen and oxygen atoms in total. The summed E-state index contributed by atoms with van der Waals surface area (Å²) in [6.07, 6.45) is 1.61. The first kappa shape index (κ1) is 9.86. The van der Waals surface area contributed by atoms with E-state index in [4.69, 9.17) is 11.6 Å². The third kappa shape index (κ3) is 1.76. The van der Waals surface area contributed by atoms with Crippen LogP contribution in [-0.4, -0.2) is 16.8 Å². The van der Waals surface area contributed by atoms with E-state index in [-0.39, 0.29) is 5.56 Å². The summed E-state index contributed by atoms with van der Waals surface area (Å²) < 4.78 is 1.43. The van der Waals surface area contributed by atoms with Crippen molar-refractivity contribution in [2.45, 2.75) is 0 Å². The number of hydrogen-bond acceptors (Lipinski definition) is 2. The molecular formula is C10H10ClN3O. The number of halogens is 1. The lowest BCUT2D eigenvalue weighted by atomic mass is 10.3. The number of rotatable bonds is 2. The standard InChI is InChI=1S/C10H10ClN3O/c1-12-9-6-13-14(10(9)15)8-4-2-3-7(11)5-8/h2-6,12-13H,1H3. The fourth-order valence-corrected chi connectivity index (χ4v) is 1.54. The molecule has 2 N–H and O–H groups in total. The Kier molecular flexibility index (Phi) is 2.51. The highest BCUT2D eigenvalue weighted by molar-refractivity contribution is 6.30. The zero-order valence-corrected chi connectivity index (χ0v) is 8.88. The van der Waals surface area contributed by atoms with Gasteiger partial charge in [-0.05, 0) is 18.2 Å². The van der Waals surface area contributed by atoms with Gasteiger partial charge in [0.25, 0.3) is 5.56 Å². The van der Waals surface area contributed by atoms with Crippen molar-refractivity contribution in [2.75, 3.05) is 12.4 Å². The van der Waals surface area contributed by atoms with E-state index in [1.54, 1.807) is 31.4 Å². The lowest BCUT2D eigenvalue weighted by Gasteiger charge is -2.00. The second kappa shape index (κ2) is 3.82. The van der Waals surface area contributed by atoms with Crippen LogP contribution in [0, 0.1) is 0 Å². The van der Waals surface area contributed by atoms with Gasteiger partial charge in [-0.3, -0.25) is 9.89 Å². The maximum absolute atomic E-state index is 11.7. The Morgan fingerprint density at radius 1 is 1.47 bits per heavy atom. The maximum Gasteiger partial charge on any atom is 0.294 e. The van der Waals surface area contributed by atoms with Gasteiger partial charge in [-0.1, -0.05) is 17.7 Å². The predicted molar refractivity (Wildman–Crippen MR) is 60.9 cm³/mol. The van der Waals surface area contributed by atoms with Crippen molar-refractivity contribution in [3.8, 4) is 5.69 Å². The Morgan fingerprint density at radius 2 is 2.27 bits per heavy atom. The number of nitrogens with one attached hydrogen (secondary N) is 2. The number of hydrogen-bond donors (Lipinski definition) is 2. The minimum atomic E-state index is -0.125. The molecule has 1 heterocycles. The molecule has 0 atom stereocenters. The van der Waals surface area contributed by atoms with E-state index in [1.165, 1.54) is 4.68 Å². The van der Waals surface area contributed by atoms with Gasteiger partial charge < -0.3 is 5.32 Å². The molecule has 0 radical (unpaired) electrons. The first-order valence-corrected chi connectivity index (χ1v) is 4.84. The Balaban J connectivity index is 2.55. The van der Waals surface area contributed by atoms with Crippen molar-refractivity contribution >= 4 is 17.3 Å². The molecule has 78 valence electrons. The molecule has 0 unspecified atom stereocenters. The molecule has 0 amide bonds. The summed E-state index contributed by atoms with van der Waals surface area (Å²) >= 11 is 5.84. The molecule has 0 aliphatic rings. The average molecular weight is 224 g/mol. The highest BCUT2D eigenvalue weighted by Gasteiger charge is 2.05. The second-order valence-electron chi connectivity index (χ2n) is 3.06. The fourth-order valence-electron chi connectivity index (χ4n) is 1.36. The zero-order valence-electron chi connectivity index (χ0n) is 8.12. The molecular weight excluding hydrogens is 214 g/mol. The third-order valence-corrected chi connectivity index (χ3v) is 2.34. The van der Waals surface area contributed by atoms with Crippen LogP contribution in [0.25, 0.3) is 5.69 Å². The van der Waals surface area contributed by atoms with Crippen molar-refractivity contribution in [1.29, 1.82) is 0 Å². The van der Waals surface area contributed by atoms with Crippen LogP contribution >= 0.6 is 11.6 Å². The van der Waals surface area contributed by atoms with E-state index >= 15 is 0 Å². The first-order chi connectivity index (χ1) is 7.22. The van der Waals surface area contributed by atoms with Crippen LogP contribution in [-0.2, 0) is 0 Å². The topological polar surface area (TPSA) is 49.8 Å². The third-order valence-electron chi connectivity index (χ3n) is 2.11. The minimum Gasteiger partial charge on any atom is -0.382 e. The lowest BCUT2D eigenvalue weighted by molar-refractivity contribution is 0.850. The molecule has 0 aliphatic carbocycles. The van der Waals surface area contributed by atoms with Gasteiger partial charge in [0.2, 0.25) is 0 Å². The highest BCUT2D eigenvalue weighted by Crippen LogP contribution is 2.13. The Hall–Kier alpha value is -1.68. The number of nitrogens with zero attached hydrogens (tertiary/aromatic N) is 1. The van der Waals surface area contributed by atoms with E-state index in [9.17, 15) is 4.79 Å². The van der Waals surface area contributed by atoms with Gasteiger partial charge in [-0.25, -0.2) is 4.68 Å². The van der Waals surface area contributed by atoms with Gasteiger partial charge in [0, 0.05) is 18.3 Å². The summed E-state index contributed by atoms with van der Waals surface area (Å²) in [6.45, 7) is 0. The molecule has 0 spiro atoms. The molecule has 5 heteroatoms. The number of anilines is 1. The summed E-state index contributed by atoms with van der Waals surface area (Å²) in [5, 5.41) is 6.25. The largest absolute Gasteiger partial charge is 0.382 e. The van der Waals surface area contributed by atoms with Crippen LogP contribution in [0.1, 0.15) is 0 Å². The fraction of sp³-hybridized carbons (Fsp3) is 0.100. The van der Waals surface area contributed by atoms with Crippen molar-refractivity contribution in [3.63, 3.8) is 0 Å². The van der Waals surface area contributed by atoms with Crippen LogP contribution in [0.4, 0.5) is 5.69 Å². The number of H-pyrrole nitrogens is 1. The van der Waals surface area contributed by atoms with Crippen LogP contribution in [0.15, 0.2) is 35.3 Å². The first-order valence-electron chi connectivity index (χ1n) is 4.46. The summed E-state index contributed by atoms with van der Waals surface area (Å²) in [6, 6.07) is 7.09. The smallest absolute Gasteiger partial charge is 0.294 e. The highest BCUT2D eigenvalue weighted by atomic mass is 35.5. The van der Waals surface area contributed by atoms with Gasteiger partial charge in [0.05, 0.1) is 5.69 Å². The summed E-state index contributed by atoms with van der Waals surface area (Å²) in [5.74, 6) is 0. The average Bonchev–Trinajstić information content (AvgIpc) is 2.59. The SMILES string of the molecule is CNc1c[nH]n(-c2cccc(Cl)c2)c1=O. The molecule has 1 aromatic heterocycles. The predicted octanol–water partition coefficient (Wildman–Crippen LogP) is 1.86. The Labute approximate surface area is 91.5 Å². The quantitative estimate of drug-likeness (QED) is 0.817. The molecule has 0 saturated heterocycles. The minimum absolute atomic E-state index is 0.125. The number of aromatic nitrogens is 2. The summed E-state index contributed by atoms with van der Waals surface area (Å²) in [5.41, 5.74) is 1.11. The number of benzene rings is 1. The van der Waals surface area contributed by atoms with Crippen molar-refractivity contribution in [3.05, 3.63) is 45.8 Å². The Bertz CT molecular complexity index is 529. The van der Waals surface area contributed by atoms with Crippen LogP contribution < -0.4 is 10.9 Å². The van der Waals surface area contributed by atoms with E-state index in [2.05, 4.69) is 10.4 Å². The van der Waals surface area contributed by atoms with Gasteiger partial charge in [0.1, 0.15) is 5.69 Å². The van der Waals surface area contributed by atoms with E-state index in [0.717, 1.165) is 0 Å². The molecule has 15 heavy (non-hydrogen) atoms. The number of aromatic amines is 1. The molecule has 0 saturated carbocycles. The normalized spacial score (nSPS) is 10.3. The molecule has 0 fully saturated rings. The van der Waals surface area contributed by atoms with Gasteiger partial charge in [0.15, 0.2) is 0 Å². The molecule has 2 rings (SSSR count). The van der Waals surface area contributed by atoms with E-state index < -0.39 is 0 Å². The van der Waals surface area contributed by atoms with Crippen LogP contribution in [0.2, 0.25) is 5.02 Å². The summed E-state index contributed by atoms with van der Waals surface area (Å²) in [4.78, 5) is 11.7. The van der Waals surface area contributed by atoms with Crippen molar-refractivity contribution < 1.29 is 0 Å². The van der Waals surface area contributed by atoms with Gasteiger partial charge in [-0.2, -0.15) is 0 Å².